The lowest BCUT2D eigenvalue weighted by molar-refractivity contribution is -0.137. The Kier molecular flexibility index (Phi) is 5.95. The van der Waals surface area contributed by atoms with Crippen molar-refractivity contribution in [3.05, 3.63) is 54.6 Å². The SMILES string of the molecule is CNSc1ccc(Nc2ccc(C(F)(F)F)cn2)c(-c2cn(C(C)C)cn2)c1. The van der Waals surface area contributed by atoms with Crippen molar-refractivity contribution in [3.63, 3.8) is 0 Å². The molecule has 0 unspecified atom stereocenters. The molecular weight excluding hydrogens is 387 g/mol. The molecular formula is C19H20F3N5S. The smallest absolute Gasteiger partial charge is 0.340 e. The average molecular weight is 407 g/mol. The largest absolute Gasteiger partial charge is 0.417 e. The van der Waals surface area contributed by atoms with Gasteiger partial charge in [-0.3, -0.25) is 4.72 Å². The van der Waals surface area contributed by atoms with Crippen LogP contribution in [0.25, 0.3) is 11.3 Å². The first-order chi connectivity index (χ1) is 13.3. The van der Waals surface area contributed by atoms with Gasteiger partial charge in [-0.15, -0.1) is 0 Å². The van der Waals surface area contributed by atoms with Crippen LogP contribution in [0, 0.1) is 0 Å². The van der Waals surface area contributed by atoms with E-state index in [1.165, 1.54) is 18.0 Å². The van der Waals surface area contributed by atoms with Gasteiger partial charge in [0.1, 0.15) is 5.82 Å². The molecule has 2 N–H and O–H groups in total. The number of hydrogen-bond acceptors (Lipinski definition) is 5. The summed E-state index contributed by atoms with van der Waals surface area (Å²) in [5.41, 5.74) is 1.53. The van der Waals surface area contributed by atoms with E-state index in [4.69, 9.17) is 0 Å². The average Bonchev–Trinajstić information content (AvgIpc) is 3.13. The molecule has 3 aromatic rings. The highest BCUT2D eigenvalue weighted by atomic mass is 32.2. The number of pyridine rings is 1. The van der Waals surface area contributed by atoms with Crippen LogP contribution in [-0.2, 0) is 6.18 Å². The lowest BCUT2D eigenvalue weighted by Gasteiger charge is -2.13. The summed E-state index contributed by atoms with van der Waals surface area (Å²) in [7, 11) is 1.83. The number of rotatable bonds is 6. The molecule has 148 valence electrons. The monoisotopic (exact) mass is 407 g/mol. The minimum absolute atomic E-state index is 0.268. The molecule has 28 heavy (non-hydrogen) atoms. The second kappa shape index (κ2) is 8.24. The summed E-state index contributed by atoms with van der Waals surface area (Å²) in [6, 6.07) is 8.34. The van der Waals surface area contributed by atoms with E-state index in [1.807, 2.05) is 36.0 Å². The predicted octanol–water partition coefficient (Wildman–Crippen LogP) is 5.51. The van der Waals surface area contributed by atoms with E-state index in [0.717, 1.165) is 28.4 Å². The van der Waals surface area contributed by atoms with Crippen LogP contribution in [0.15, 0.2) is 53.9 Å². The van der Waals surface area contributed by atoms with Crippen LogP contribution in [0.4, 0.5) is 24.7 Å². The summed E-state index contributed by atoms with van der Waals surface area (Å²) in [4.78, 5) is 9.36. The maximum atomic E-state index is 12.7. The first-order valence-electron chi connectivity index (χ1n) is 8.59. The molecule has 0 fully saturated rings. The molecule has 1 aromatic carbocycles. The fourth-order valence-corrected chi connectivity index (χ4v) is 3.11. The molecule has 0 aliphatic rings. The number of aromatic nitrogens is 3. The summed E-state index contributed by atoms with van der Waals surface area (Å²) in [5, 5.41) is 3.10. The molecule has 2 heterocycles. The van der Waals surface area contributed by atoms with Crippen LogP contribution in [0.3, 0.4) is 0 Å². The van der Waals surface area contributed by atoms with Crippen molar-refractivity contribution in [1.82, 2.24) is 19.3 Å². The van der Waals surface area contributed by atoms with E-state index in [-0.39, 0.29) is 6.04 Å². The van der Waals surface area contributed by atoms with Gasteiger partial charge in [0.15, 0.2) is 0 Å². The fourth-order valence-electron chi connectivity index (χ4n) is 2.56. The van der Waals surface area contributed by atoms with Gasteiger partial charge in [0.25, 0.3) is 0 Å². The van der Waals surface area contributed by atoms with E-state index in [0.29, 0.717) is 11.5 Å². The Bertz CT molecular complexity index is 935. The van der Waals surface area contributed by atoms with Crippen LogP contribution in [0.1, 0.15) is 25.5 Å². The second-order valence-electron chi connectivity index (χ2n) is 6.37. The number of anilines is 2. The van der Waals surface area contributed by atoms with Gasteiger partial charge in [0.05, 0.1) is 17.6 Å². The molecule has 0 bridgehead atoms. The van der Waals surface area contributed by atoms with Gasteiger partial charge in [-0.1, -0.05) is 0 Å². The number of nitrogens with one attached hydrogen (secondary N) is 2. The molecule has 0 atom stereocenters. The Morgan fingerprint density at radius 3 is 2.46 bits per heavy atom. The standard InChI is InChI=1S/C19H20F3N5S/c1-12(2)27-10-17(25-11-27)15-8-14(28-23-3)5-6-16(15)26-18-7-4-13(9-24-18)19(20,21)22/h4-12,23H,1-3H3,(H,24,26). The van der Waals surface area contributed by atoms with Gasteiger partial charge in [0, 0.05) is 34.6 Å². The molecule has 0 radical (unpaired) electrons. The highest BCUT2D eigenvalue weighted by Crippen LogP contribution is 2.34. The first kappa shape index (κ1) is 20.2. The number of benzene rings is 1. The number of halogens is 3. The zero-order valence-electron chi connectivity index (χ0n) is 15.6. The van der Waals surface area contributed by atoms with Crippen LogP contribution >= 0.6 is 11.9 Å². The van der Waals surface area contributed by atoms with Crippen molar-refractivity contribution in [2.75, 3.05) is 12.4 Å². The fraction of sp³-hybridized carbons (Fsp3) is 0.263. The first-order valence-corrected chi connectivity index (χ1v) is 9.41. The lowest BCUT2D eigenvalue weighted by Crippen LogP contribution is -2.06. The van der Waals surface area contributed by atoms with Crippen LogP contribution in [0.2, 0.25) is 0 Å². The Morgan fingerprint density at radius 1 is 1.11 bits per heavy atom. The topological polar surface area (TPSA) is 54.8 Å². The molecule has 0 amide bonds. The van der Waals surface area contributed by atoms with Crippen molar-refractivity contribution in [1.29, 1.82) is 0 Å². The lowest BCUT2D eigenvalue weighted by atomic mass is 10.1. The van der Waals surface area contributed by atoms with Gasteiger partial charge in [0.2, 0.25) is 0 Å². The van der Waals surface area contributed by atoms with Crippen LogP contribution < -0.4 is 10.0 Å². The summed E-state index contributed by atoms with van der Waals surface area (Å²) in [6.45, 7) is 4.12. The Balaban J connectivity index is 1.95. The van der Waals surface area contributed by atoms with E-state index in [2.05, 4.69) is 33.9 Å². The van der Waals surface area contributed by atoms with Crippen molar-refractivity contribution in [2.45, 2.75) is 31.0 Å². The number of imidazole rings is 1. The van der Waals surface area contributed by atoms with Gasteiger partial charge in [-0.05, 0) is 63.2 Å². The van der Waals surface area contributed by atoms with Gasteiger partial charge in [-0.2, -0.15) is 13.2 Å². The van der Waals surface area contributed by atoms with Crippen LogP contribution in [-0.4, -0.2) is 21.6 Å². The Hall–Kier alpha value is -2.52. The maximum absolute atomic E-state index is 12.7. The molecule has 0 aliphatic heterocycles. The second-order valence-corrected chi connectivity index (χ2v) is 7.45. The van der Waals surface area contributed by atoms with Crippen molar-refractivity contribution in [3.8, 4) is 11.3 Å². The quantitative estimate of drug-likeness (QED) is 0.528. The zero-order valence-corrected chi connectivity index (χ0v) is 16.4. The Morgan fingerprint density at radius 2 is 1.89 bits per heavy atom. The molecule has 0 saturated carbocycles. The third kappa shape index (κ3) is 4.66. The normalized spacial score (nSPS) is 11.8. The van der Waals surface area contributed by atoms with Crippen molar-refractivity contribution < 1.29 is 13.2 Å². The van der Waals surface area contributed by atoms with Crippen molar-refractivity contribution in [2.24, 2.45) is 0 Å². The zero-order chi connectivity index (χ0) is 20.3. The number of hydrogen-bond donors (Lipinski definition) is 2. The molecule has 0 aliphatic carbocycles. The third-order valence-electron chi connectivity index (χ3n) is 4.04. The highest BCUT2D eigenvalue weighted by molar-refractivity contribution is 7.97. The minimum atomic E-state index is -4.41. The molecule has 9 heteroatoms. The summed E-state index contributed by atoms with van der Waals surface area (Å²) < 4.78 is 43.2. The number of alkyl halides is 3. The molecule has 0 saturated heterocycles. The van der Waals surface area contributed by atoms with E-state index < -0.39 is 11.7 Å². The highest BCUT2D eigenvalue weighted by Gasteiger charge is 2.30. The Labute approximate surface area is 165 Å². The number of nitrogens with zero attached hydrogens (tertiary/aromatic N) is 3. The summed E-state index contributed by atoms with van der Waals surface area (Å²) in [5.74, 6) is 0.326. The van der Waals surface area contributed by atoms with E-state index in [9.17, 15) is 13.2 Å². The van der Waals surface area contributed by atoms with Gasteiger partial charge in [-0.25, -0.2) is 9.97 Å². The van der Waals surface area contributed by atoms with Crippen molar-refractivity contribution >= 4 is 23.5 Å². The van der Waals surface area contributed by atoms with Gasteiger partial charge < -0.3 is 9.88 Å². The predicted molar refractivity (Wildman–Crippen MR) is 105 cm³/mol. The van der Waals surface area contributed by atoms with Gasteiger partial charge >= 0.3 is 6.18 Å². The minimum Gasteiger partial charge on any atom is -0.340 e. The van der Waals surface area contributed by atoms with E-state index in [1.54, 1.807) is 6.33 Å². The third-order valence-corrected chi connectivity index (χ3v) is 4.73. The van der Waals surface area contributed by atoms with E-state index >= 15 is 0 Å². The molecule has 0 spiro atoms. The maximum Gasteiger partial charge on any atom is 0.417 e. The molecule has 2 aromatic heterocycles. The summed E-state index contributed by atoms with van der Waals surface area (Å²) in [6.07, 6.45) is 0.115. The molecule has 3 rings (SSSR count). The summed E-state index contributed by atoms with van der Waals surface area (Å²) >= 11 is 1.46. The molecule has 5 nitrogen and oxygen atoms in total. The van der Waals surface area contributed by atoms with Crippen LogP contribution in [0.5, 0.6) is 0 Å².